The van der Waals surface area contributed by atoms with Crippen LogP contribution in [-0.4, -0.2) is 15.9 Å². The lowest BCUT2D eigenvalue weighted by Gasteiger charge is -2.21. The van der Waals surface area contributed by atoms with Gasteiger partial charge in [0, 0.05) is 41.2 Å². The van der Waals surface area contributed by atoms with Gasteiger partial charge in [-0.15, -0.1) is 11.3 Å². The lowest BCUT2D eigenvalue weighted by molar-refractivity contribution is -0.384. The summed E-state index contributed by atoms with van der Waals surface area (Å²) in [6, 6.07) is 9.40. The van der Waals surface area contributed by atoms with Crippen LogP contribution in [0.4, 0.5) is 5.69 Å². The number of non-ortho nitro benzene ring substituents is 1. The van der Waals surface area contributed by atoms with Gasteiger partial charge in [-0.1, -0.05) is 17.7 Å². The molecule has 0 aliphatic heterocycles. The molecule has 0 radical (unpaired) electrons. The molecule has 0 N–H and O–H groups in total. The number of nitro groups is 1. The van der Waals surface area contributed by atoms with E-state index in [0.717, 1.165) is 12.1 Å². The lowest BCUT2D eigenvalue weighted by atomic mass is 10.2. The smallest absolute Gasteiger partial charge is 0.269 e. The summed E-state index contributed by atoms with van der Waals surface area (Å²) in [5, 5.41) is 13.6. The molecule has 0 atom stereocenters. The summed E-state index contributed by atoms with van der Waals surface area (Å²) in [4.78, 5) is 14.2. The molecular formula is C15H15ClN2O2S. The standard InChI is InChI=1S/C15H15ClN2O2S/c16-15-6-5-13(18(19)20)8-11(15)9-17(12-3-4-12)10-14-2-1-7-21-14/h1-2,5-8,12H,3-4,9-10H2. The minimum Gasteiger partial charge on any atom is -0.291 e. The van der Waals surface area contributed by atoms with Gasteiger partial charge in [0.05, 0.1) is 4.92 Å². The molecule has 1 aliphatic carbocycles. The topological polar surface area (TPSA) is 46.4 Å². The summed E-state index contributed by atoms with van der Waals surface area (Å²) in [5.74, 6) is 0. The number of hydrogen-bond donors (Lipinski definition) is 0. The molecule has 1 aliphatic rings. The molecule has 0 bridgehead atoms. The molecule has 1 aromatic carbocycles. The average molecular weight is 323 g/mol. The van der Waals surface area contributed by atoms with Crippen LogP contribution >= 0.6 is 22.9 Å². The van der Waals surface area contributed by atoms with Crippen molar-refractivity contribution in [2.75, 3.05) is 0 Å². The van der Waals surface area contributed by atoms with Crippen molar-refractivity contribution in [2.24, 2.45) is 0 Å². The van der Waals surface area contributed by atoms with Gasteiger partial charge in [-0.25, -0.2) is 0 Å². The number of hydrogen-bond acceptors (Lipinski definition) is 4. The van der Waals surface area contributed by atoms with E-state index in [9.17, 15) is 10.1 Å². The third-order valence-electron chi connectivity index (χ3n) is 3.62. The maximum absolute atomic E-state index is 10.9. The number of nitrogens with zero attached hydrogens (tertiary/aromatic N) is 2. The quantitative estimate of drug-likeness (QED) is 0.582. The Morgan fingerprint density at radius 1 is 1.33 bits per heavy atom. The summed E-state index contributed by atoms with van der Waals surface area (Å²) < 4.78 is 0. The number of rotatable bonds is 6. The van der Waals surface area contributed by atoms with Crippen LogP contribution in [-0.2, 0) is 13.1 Å². The molecular weight excluding hydrogens is 308 g/mol. The maximum Gasteiger partial charge on any atom is 0.269 e. The van der Waals surface area contributed by atoms with Gasteiger partial charge in [0.15, 0.2) is 0 Å². The number of thiophene rings is 1. The zero-order chi connectivity index (χ0) is 14.8. The second kappa shape index (κ2) is 6.13. The van der Waals surface area contributed by atoms with Gasteiger partial charge in [0.25, 0.3) is 5.69 Å². The summed E-state index contributed by atoms with van der Waals surface area (Å²) in [6.07, 6.45) is 2.38. The third kappa shape index (κ3) is 3.61. The van der Waals surface area contributed by atoms with Crippen molar-refractivity contribution in [1.29, 1.82) is 0 Å². The van der Waals surface area contributed by atoms with Crippen molar-refractivity contribution in [1.82, 2.24) is 4.90 Å². The Balaban J connectivity index is 1.79. The van der Waals surface area contributed by atoms with Crippen LogP contribution in [0, 0.1) is 10.1 Å². The molecule has 1 aromatic heterocycles. The van der Waals surface area contributed by atoms with E-state index in [1.54, 1.807) is 23.5 Å². The first kappa shape index (κ1) is 14.5. The van der Waals surface area contributed by atoms with Gasteiger partial charge >= 0.3 is 0 Å². The monoisotopic (exact) mass is 322 g/mol. The molecule has 1 heterocycles. The predicted molar refractivity (Wildman–Crippen MR) is 84.7 cm³/mol. The van der Waals surface area contributed by atoms with E-state index >= 15 is 0 Å². The van der Waals surface area contributed by atoms with Crippen LogP contribution in [0.15, 0.2) is 35.7 Å². The molecule has 3 rings (SSSR count). The van der Waals surface area contributed by atoms with Gasteiger partial charge < -0.3 is 0 Å². The lowest BCUT2D eigenvalue weighted by Crippen LogP contribution is -2.24. The number of halogens is 1. The van der Waals surface area contributed by atoms with Gasteiger partial charge in [0.2, 0.25) is 0 Å². The van der Waals surface area contributed by atoms with E-state index in [4.69, 9.17) is 11.6 Å². The highest BCUT2D eigenvalue weighted by Gasteiger charge is 2.29. The third-order valence-corrected chi connectivity index (χ3v) is 4.85. The van der Waals surface area contributed by atoms with E-state index in [0.29, 0.717) is 17.6 Å². The molecule has 0 unspecified atom stereocenters. The molecule has 0 spiro atoms. The van der Waals surface area contributed by atoms with Crippen LogP contribution < -0.4 is 0 Å². The van der Waals surface area contributed by atoms with Gasteiger partial charge in [-0.2, -0.15) is 0 Å². The van der Waals surface area contributed by atoms with Crippen molar-refractivity contribution in [2.45, 2.75) is 32.0 Å². The van der Waals surface area contributed by atoms with E-state index in [1.807, 2.05) is 6.07 Å². The first-order valence-electron chi connectivity index (χ1n) is 6.83. The van der Waals surface area contributed by atoms with Gasteiger partial charge in [0.1, 0.15) is 0 Å². The molecule has 6 heteroatoms. The van der Waals surface area contributed by atoms with Crippen molar-refractivity contribution < 1.29 is 4.92 Å². The van der Waals surface area contributed by atoms with E-state index < -0.39 is 0 Å². The molecule has 2 aromatic rings. The number of nitro benzene ring substituents is 1. The summed E-state index contributed by atoms with van der Waals surface area (Å²) >= 11 is 7.94. The Kier molecular flexibility index (Phi) is 4.24. The van der Waals surface area contributed by atoms with E-state index in [1.165, 1.54) is 23.8 Å². The summed E-state index contributed by atoms with van der Waals surface area (Å²) in [6.45, 7) is 1.53. The molecule has 4 nitrogen and oxygen atoms in total. The van der Waals surface area contributed by atoms with Crippen molar-refractivity contribution in [3.8, 4) is 0 Å². The zero-order valence-corrected chi connectivity index (χ0v) is 12.9. The van der Waals surface area contributed by atoms with Crippen LogP contribution in [0.1, 0.15) is 23.3 Å². The maximum atomic E-state index is 10.9. The zero-order valence-electron chi connectivity index (χ0n) is 11.4. The SMILES string of the molecule is O=[N+]([O-])c1ccc(Cl)c(CN(Cc2cccs2)C2CC2)c1. The van der Waals surface area contributed by atoms with Crippen LogP contribution in [0.5, 0.6) is 0 Å². The molecule has 0 amide bonds. The van der Waals surface area contributed by atoms with Crippen LogP contribution in [0.3, 0.4) is 0 Å². The number of benzene rings is 1. The van der Waals surface area contributed by atoms with E-state index in [2.05, 4.69) is 16.3 Å². The molecule has 110 valence electrons. The Morgan fingerprint density at radius 2 is 2.14 bits per heavy atom. The average Bonchev–Trinajstić information content (AvgIpc) is 3.18. The Morgan fingerprint density at radius 3 is 2.76 bits per heavy atom. The van der Waals surface area contributed by atoms with Crippen LogP contribution in [0.25, 0.3) is 0 Å². The Bertz CT molecular complexity index is 641. The first-order valence-corrected chi connectivity index (χ1v) is 8.08. The van der Waals surface area contributed by atoms with Crippen LogP contribution in [0.2, 0.25) is 5.02 Å². The predicted octanol–water partition coefficient (Wildman–Crippen LogP) is 4.47. The van der Waals surface area contributed by atoms with E-state index in [-0.39, 0.29) is 10.6 Å². The summed E-state index contributed by atoms with van der Waals surface area (Å²) in [5.41, 5.74) is 0.926. The second-order valence-electron chi connectivity index (χ2n) is 5.25. The Hall–Kier alpha value is -1.43. The Labute approximate surface area is 132 Å². The fourth-order valence-corrected chi connectivity index (χ4v) is 3.28. The highest BCUT2D eigenvalue weighted by atomic mass is 35.5. The first-order chi connectivity index (χ1) is 10.1. The largest absolute Gasteiger partial charge is 0.291 e. The van der Waals surface area contributed by atoms with Gasteiger partial charge in [-0.05, 0) is 35.9 Å². The van der Waals surface area contributed by atoms with Gasteiger partial charge in [-0.3, -0.25) is 15.0 Å². The molecule has 1 fully saturated rings. The van der Waals surface area contributed by atoms with Crippen molar-refractivity contribution in [3.05, 3.63) is 61.3 Å². The summed E-state index contributed by atoms with van der Waals surface area (Å²) in [7, 11) is 0. The van der Waals surface area contributed by atoms with Crippen molar-refractivity contribution in [3.63, 3.8) is 0 Å². The second-order valence-corrected chi connectivity index (χ2v) is 6.69. The molecule has 21 heavy (non-hydrogen) atoms. The normalized spacial score (nSPS) is 14.6. The molecule has 0 saturated heterocycles. The minimum atomic E-state index is -0.374. The molecule has 1 saturated carbocycles. The highest BCUT2D eigenvalue weighted by Crippen LogP contribution is 2.32. The fourth-order valence-electron chi connectivity index (χ4n) is 2.37. The highest BCUT2D eigenvalue weighted by molar-refractivity contribution is 7.09. The fraction of sp³-hybridized carbons (Fsp3) is 0.333. The minimum absolute atomic E-state index is 0.0984. The van der Waals surface area contributed by atoms with Crippen molar-refractivity contribution >= 4 is 28.6 Å².